The summed E-state index contributed by atoms with van der Waals surface area (Å²) >= 11 is 1.38. The topological polar surface area (TPSA) is 85.2 Å². The first-order chi connectivity index (χ1) is 15.5. The molecular formula is C23H28N6O2S. The zero-order valence-corrected chi connectivity index (χ0v) is 19.2. The molecule has 1 fully saturated rings. The van der Waals surface area contributed by atoms with Crippen molar-refractivity contribution in [1.29, 1.82) is 0 Å². The van der Waals surface area contributed by atoms with Gasteiger partial charge in [0.05, 0.1) is 19.0 Å². The third kappa shape index (κ3) is 5.35. The van der Waals surface area contributed by atoms with Crippen LogP contribution >= 0.6 is 11.8 Å². The first kappa shape index (κ1) is 22.4. The van der Waals surface area contributed by atoms with Crippen LogP contribution in [0, 0.1) is 0 Å². The van der Waals surface area contributed by atoms with Crippen LogP contribution in [-0.4, -0.2) is 74.7 Å². The monoisotopic (exact) mass is 452 g/mol. The van der Waals surface area contributed by atoms with Gasteiger partial charge in [0.15, 0.2) is 11.0 Å². The molecule has 0 aliphatic carbocycles. The molecule has 1 aromatic carbocycles. The van der Waals surface area contributed by atoms with Crippen molar-refractivity contribution in [3.8, 4) is 17.1 Å². The lowest BCUT2D eigenvalue weighted by Crippen LogP contribution is -2.55. The highest BCUT2D eigenvalue weighted by atomic mass is 32.2. The van der Waals surface area contributed by atoms with Crippen molar-refractivity contribution in [1.82, 2.24) is 30.0 Å². The number of pyridine rings is 1. The molecule has 0 bridgehead atoms. The summed E-state index contributed by atoms with van der Waals surface area (Å²) in [7, 11) is 0. The van der Waals surface area contributed by atoms with Gasteiger partial charge in [-0.15, -0.1) is 10.2 Å². The second-order valence-corrected chi connectivity index (χ2v) is 9.13. The molecule has 0 radical (unpaired) electrons. The molecule has 3 aromatic rings. The van der Waals surface area contributed by atoms with Gasteiger partial charge in [-0.1, -0.05) is 30.0 Å². The van der Waals surface area contributed by atoms with Crippen LogP contribution in [0.1, 0.15) is 13.8 Å². The average Bonchev–Trinajstić information content (AvgIpc) is 3.27. The normalized spacial score (nSPS) is 14.9. The van der Waals surface area contributed by atoms with Crippen molar-refractivity contribution in [2.45, 2.75) is 24.5 Å². The summed E-state index contributed by atoms with van der Waals surface area (Å²) in [5.41, 5.74) is 1.74. The summed E-state index contributed by atoms with van der Waals surface area (Å²) in [6, 6.07) is 13.7. The quantitative estimate of drug-likeness (QED) is 0.526. The first-order valence-electron chi connectivity index (χ1n) is 10.7. The minimum atomic E-state index is -0.122. The number of benzene rings is 1. The third-order valence-electron chi connectivity index (χ3n) is 5.50. The number of morpholine rings is 1. The van der Waals surface area contributed by atoms with Crippen LogP contribution in [0.15, 0.2) is 60.0 Å². The van der Waals surface area contributed by atoms with E-state index >= 15 is 0 Å². The number of carbonyl (C=O) groups is 1. The lowest BCUT2D eigenvalue weighted by Gasteiger charge is -2.40. The lowest BCUT2D eigenvalue weighted by atomic mass is 10.0. The van der Waals surface area contributed by atoms with E-state index in [-0.39, 0.29) is 17.2 Å². The molecule has 168 valence electrons. The Labute approximate surface area is 192 Å². The van der Waals surface area contributed by atoms with Crippen molar-refractivity contribution in [2.24, 2.45) is 0 Å². The molecular weight excluding hydrogens is 424 g/mol. The van der Waals surface area contributed by atoms with Crippen LogP contribution < -0.4 is 5.32 Å². The van der Waals surface area contributed by atoms with E-state index in [2.05, 4.69) is 39.2 Å². The molecule has 2 aromatic heterocycles. The van der Waals surface area contributed by atoms with E-state index in [9.17, 15) is 4.79 Å². The van der Waals surface area contributed by atoms with Gasteiger partial charge in [-0.05, 0) is 38.1 Å². The van der Waals surface area contributed by atoms with Gasteiger partial charge in [0.2, 0.25) is 5.91 Å². The van der Waals surface area contributed by atoms with Crippen LogP contribution in [0.5, 0.6) is 0 Å². The van der Waals surface area contributed by atoms with E-state index in [1.165, 1.54) is 11.8 Å². The molecule has 3 heterocycles. The van der Waals surface area contributed by atoms with Gasteiger partial charge in [-0.25, -0.2) is 0 Å². The van der Waals surface area contributed by atoms with Crippen LogP contribution in [0.25, 0.3) is 17.1 Å². The Hall–Kier alpha value is -2.75. The molecule has 0 saturated carbocycles. The van der Waals surface area contributed by atoms with Gasteiger partial charge in [0, 0.05) is 48.8 Å². The number of ether oxygens (including phenoxy) is 1. The molecule has 0 unspecified atom stereocenters. The fraction of sp³-hybridized carbons (Fsp3) is 0.391. The Morgan fingerprint density at radius 1 is 1.09 bits per heavy atom. The second kappa shape index (κ2) is 10.2. The van der Waals surface area contributed by atoms with Crippen molar-refractivity contribution >= 4 is 17.7 Å². The van der Waals surface area contributed by atoms with E-state index in [4.69, 9.17) is 4.74 Å². The fourth-order valence-electron chi connectivity index (χ4n) is 3.64. The molecule has 32 heavy (non-hydrogen) atoms. The van der Waals surface area contributed by atoms with E-state index in [1.807, 2.05) is 47.0 Å². The molecule has 1 aliphatic heterocycles. The fourth-order valence-corrected chi connectivity index (χ4v) is 4.42. The molecule has 0 atom stereocenters. The summed E-state index contributed by atoms with van der Waals surface area (Å²) in [5.74, 6) is 0.958. The molecule has 1 amide bonds. The minimum absolute atomic E-state index is 0.0237. The molecule has 1 N–H and O–H groups in total. The molecule has 0 spiro atoms. The summed E-state index contributed by atoms with van der Waals surface area (Å²) in [5, 5.41) is 12.5. The van der Waals surface area contributed by atoms with Crippen molar-refractivity contribution in [2.75, 3.05) is 38.6 Å². The number of amides is 1. The number of thioether (sulfide) groups is 1. The van der Waals surface area contributed by atoms with Gasteiger partial charge in [-0.2, -0.15) is 0 Å². The predicted octanol–water partition coefficient (Wildman–Crippen LogP) is 2.65. The molecule has 1 saturated heterocycles. The third-order valence-corrected chi connectivity index (χ3v) is 6.43. The van der Waals surface area contributed by atoms with E-state index in [0.29, 0.717) is 11.7 Å². The minimum Gasteiger partial charge on any atom is -0.379 e. The van der Waals surface area contributed by atoms with Crippen LogP contribution in [0.4, 0.5) is 0 Å². The maximum atomic E-state index is 12.6. The average molecular weight is 453 g/mol. The Morgan fingerprint density at radius 3 is 2.53 bits per heavy atom. The van der Waals surface area contributed by atoms with Crippen LogP contribution in [0.2, 0.25) is 0 Å². The number of rotatable bonds is 8. The van der Waals surface area contributed by atoms with Crippen molar-refractivity contribution in [3.05, 3.63) is 54.9 Å². The number of nitrogens with one attached hydrogen (secondary N) is 1. The Kier molecular flexibility index (Phi) is 7.19. The van der Waals surface area contributed by atoms with Gasteiger partial charge in [0.1, 0.15) is 0 Å². The predicted molar refractivity (Wildman–Crippen MR) is 125 cm³/mol. The molecule has 1 aliphatic rings. The van der Waals surface area contributed by atoms with E-state index in [0.717, 1.165) is 43.4 Å². The first-order valence-corrected chi connectivity index (χ1v) is 11.7. The SMILES string of the molecule is CC(C)(CNC(=O)CSc1nnc(-c2ccncc2)n1-c1ccccc1)N1CCOCC1. The largest absolute Gasteiger partial charge is 0.379 e. The van der Waals surface area contributed by atoms with Gasteiger partial charge >= 0.3 is 0 Å². The van der Waals surface area contributed by atoms with Crippen molar-refractivity contribution in [3.63, 3.8) is 0 Å². The summed E-state index contributed by atoms with van der Waals surface area (Å²) in [4.78, 5) is 19.1. The number of carbonyl (C=O) groups excluding carboxylic acids is 1. The van der Waals surface area contributed by atoms with Gasteiger partial charge < -0.3 is 10.1 Å². The number of aromatic nitrogens is 4. The Bertz CT molecular complexity index is 1020. The van der Waals surface area contributed by atoms with E-state index in [1.54, 1.807) is 12.4 Å². The molecule has 9 heteroatoms. The highest BCUT2D eigenvalue weighted by Gasteiger charge is 2.28. The lowest BCUT2D eigenvalue weighted by molar-refractivity contribution is -0.119. The van der Waals surface area contributed by atoms with Gasteiger partial charge in [-0.3, -0.25) is 19.2 Å². The standard InChI is InChI=1S/C23H28N6O2S/c1-23(2,28-12-14-31-15-13-28)17-25-20(30)16-32-22-27-26-21(18-8-10-24-11-9-18)29(22)19-6-4-3-5-7-19/h3-11H,12-17H2,1-2H3,(H,25,30). The highest BCUT2D eigenvalue weighted by molar-refractivity contribution is 7.99. The number of para-hydroxylation sites is 1. The number of hydrogen-bond acceptors (Lipinski definition) is 7. The van der Waals surface area contributed by atoms with Crippen LogP contribution in [-0.2, 0) is 9.53 Å². The summed E-state index contributed by atoms with van der Waals surface area (Å²) in [6.45, 7) is 8.13. The Balaban J connectivity index is 1.44. The highest BCUT2D eigenvalue weighted by Crippen LogP contribution is 2.27. The van der Waals surface area contributed by atoms with Crippen molar-refractivity contribution < 1.29 is 9.53 Å². The number of hydrogen-bond donors (Lipinski definition) is 1. The van der Waals surface area contributed by atoms with Gasteiger partial charge in [0.25, 0.3) is 0 Å². The maximum Gasteiger partial charge on any atom is 0.230 e. The number of nitrogens with zero attached hydrogens (tertiary/aromatic N) is 5. The Morgan fingerprint density at radius 2 is 1.81 bits per heavy atom. The summed E-state index contributed by atoms with van der Waals surface area (Å²) < 4.78 is 7.42. The molecule has 8 nitrogen and oxygen atoms in total. The molecule has 4 rings (SSSR count). The summed E-state index contributed by atoms with van der Waals surface area (Å²) in [6.07, 6.45) is 3.46. The van der Waals surface area contributed by atoms with E-state index < -0.39 is 0 Å². The zero-order valence-electron chi connectivity index (χ0n) is 18.4. The maximum absolute atomic E-state index is 12.6. The second-order valence-electron chi connectivity index (χ2n) is 8.19. The smallest absolute Gasteiger partial charge is 0.230 e. The zero-order chi connectivity index (χ0) is 22.4. The van der Waals surface area contributed by atoms with Crippen LogP contribution in [0.3, 0.4) is 0 Å².